The molecule has 0 unspecified atom stereocenters. The maximum absolute atomic E-state index is 13.3. The van der Waals surface area contributed by atoms with E-state index in [4.69, 9.17) is 4.74 Å². The molecule has 146 valence electrons. The fraction of sp³-hybridized carbons (Fsp3) is 0.500. The quantitative estimate of drug-likeness (QED) is 0.823. The van der Waals surface area contributed by atoms with Crippen LogP contribution in [-0.4, -0.2) is 71.4 Å². The highest BCUT2D eigenvalue weighted by Gasteiger charge is 2.30. The van der Waals surface area contributed by atoms with Crippen LogP contribution < -0.4 is 5.56 Å². The number of methoxy groups -OCH3 is 1. The molecule has 0 radical (unpaired) electrons. The first-order chi connectivity index (χ1) is 13.0. The molecule has 1 fully saturated rings. The van der Waals surface area contributed by atoms with E-state index in [2.05, 4.69) is 21.8 Å². The Morgan fingerprint density at radius 1 is 1.22 bits per heavy atom. The first kappa shape index (κ1) is 19.5. The fourth-order valence-corrected chi connectivity index (χ4v) is 3.67. The van der Waals surface area contributed by atoms with Gasteiger partial charge in [-0.25, -0.2) is 0 Å². The lowest BCUT2D eigenvalue weighted by atomic mass is 9.97. The van der Waals surface area contributed by atoms with E-state index in [0.717, 1.165) is 37.4 Å². The van der Waals surface area contributed by atoms with Crippen LogP contribution in [0.2, 0.25) is 0 Å². The standard InChI is InChI=1S/C20H28N4O3/c1-15-14-17(25)18(20(26)24(15)12-13-27-3)19(16-4-6-21-7-5-16)23-10-8-22(2)9-11-23/h4-7,14,19,25H,8-13H2,1-3H3/t19-/m1/s1. The average Bonchev–Trinajstić information content (AvgIpc) is 2.66. The number of hydrogen-bond donors (Lipinski definition) is 1. The van der Waals surface area contributed by atoms with Gasteiger partial charge < -0.3 is 19.3 Å². The average molecular weight is 372 g/mol. The smallest absolute Gasteiger partial charge is 0.259 e. The minimum Gasteiger partial charge on any atom is -0.507 e. The van der Waals surface area contributed by atoms with Gasteiger partial charge in [-0.15, -0.1) is 0 Å². The zero-order chi connectivity index (χ0) is 19.4. The Hall–Kier alpha value is -2.22. The molecule has 0 aliphatic carbocycles. The number of nitrogens with zero attached hydrogens (tertiary/aromatic N) is 4. The molecule has 3 heterocycles. The second-order valence-electron chi connectivity index (χ2n) is 7.06. The molecule has 7 nitrogen and oxygen atoms in total. The van der Waals surface area contributed by atoms with Crippen LogP contribution >= 0.6 is 0 Å². The van der Waals surface area contributed by atoms with Gasteiger partial charge in [-0.1, -0.05) is 0 Å². The molecule has 1 N–H and O–H groups in total. The molecule has 0 saturated carbocycles. The summed E-state index contributed by atoms with van der Waals surface area (Å²) in [4.78, 5) is 22.0. The summed E-state index contributed by atoms with van der Waals surface area (Å²) in [7, 11) is 3.71. The fourth-order valence-electron chi connectivity index (χ4n) is 3.67. The van der Waals surface area contributed by atoms with Crippen LogP contribution in [0.4, 0.5) is 0 Å². The van der Waals surface area contributed by atoms with Crippen molar-refractivity contribution in [3.8, 4) is 5.75 Å². The summed E-state index contributed by atoms with van der Waals surface area (Å²) in [6.45, 7) is 6.23. The molecule has 0 bridgehead atoms. The van der Waals surface area contributed by atoms with Crippen LogP contribution in [0.3, 0.4) is 0 Å². The Bertz CT molecular complexity index is 814. The SMILES string of the molecule is COCCn1c(C)cc(O)c([C@@H](c2ccncc2)N2CCN(C)CC2)c1=O. The highest BCUT2D eigenvalue weighted by Crippen LogP contribution is 2.32. The van der Waals surface area contributed by atoms with Gasteiger partial charge >= 0.3 is 0 Å². The van der Waals surface area contributed by atoms with Crippen molar-refractivity contribution in [1.82, 2.24) is 19.4 Å². The highest BCUT2D eigenvalue weighted by atomic mass is 16.5. The number of rotatable bonds is 6. The lowest BCUT2D eigenvalue weighted by molar-refractivity contribution is 0.125. The second kappa shape index (κ2) is 8.65. The molecule has 1 saturated heterocycles. The van der Waals surface area contributed by atoms with Crippen molar-refractivity contribution >= 4 is 0 Å². The van der Waals surface area contributed by atoms with Crippen LogP contribution in [0.25, 0.3) is 0 Å². The van der Waals surface area contributed by atoms with E-state index in [-0.39, 0.29) is 17.4 Å². The van der Waals surface area contributed by atoms with Crippen molar-refractivity contribution in [2.24, 2.45) is 0 Å². The van der Waals surface area contributed by atoms with Gasteiger partial charge in [0.15, 0.2) is 0 Å². The van der Waals surface area contributed by atoms with Crippen molar-refractivity contribution in [1.29, 1.82) is 0 Å². The van der Waals surface area contributed by atoms with E-state index >= 15 is 0 Å². The van der Waals surface area contributed by atoms with E-state index in [1.54, 1.807) is 30.1 Å². The van der Waals surface area contributed by atoms with Crippen LogP contribution in [0.1, 0.15) is 22.9 Å². The predicted octanol–water partition coefficient (Wildman–Crippen LogP) is 1.24. The van der Waals surface area contributed by atoms with Gasteiger partial charge in [-0.05, 0) is 37.7 Å². The molecular weight excluding hydrogens is 344 g/mol. The van der Waals surface area contributed by atoms with E-state index in [1.807, 2.05) is 19.1 Å². The highest BCUT2D eigenvalue weighted by molar-refractivity contribution is 5.40. The number of aryl methyl sites for hydroxylation is 1. The summed E-state index contributed by atoms with van der Waals surface area (Å²) in [5.74, 6) is 0.0481. The lowest BCUT2D eigenvalue weighted by Crippen LogP contribution is -2.47. The van der Waals surface area contributed by atoms with Gasteiger partial charge in [-0.3, -0.25) is 14.7 Å². The zero-order valence-electron chi connectivity index (χ0n) is 16.3. The molecule has 2 aromatic rings. The second-order valence-corrected chi connectivity index (χ2v) is 7.06. The molecule has 1 aliphatic heterocycles. The minimum absolute atomic E-state index is 0.0481. The van der Waals surface area contributed by atoms with Crippen molar-refractivity contribution < 1.29 is 9.84 Å². The number of ether oxygens (including phenoxy) is 1. The van der Waals surface area contributed by atoms with E-state index in [9.17, 15) is 9.90 Å². The first-order valence-corrected chi connectivity index (χ1v) is 9.27. The predicted molar refractivity (Wildman–Crippen MR) is 104 cm³/mol. The van der Waals surface area contributed by atoms with Crippen molar-refractivity contribution in [3.05, 3.63) is 57.8 Å². The molecule has 0 spiro atoms. The molecule has 27 heavy (non-hydrogen) atoms. The molecule has 1 aliphatic rings. The van der Waals surface area contributed by atoms with Gasteiger partial charge in [0, 0.05) is 57.9 Å². The summed E-state index contributed by atoms with van der Waals surface area (Å²) < 4.78 is 6.84. The third-order valence-electron chi connectivity index (χ3n) is 5.24. The number of hydrogen-bond acceptors (Lipinski definition) is 6. The summed E-state index contributed by atoms with van der Waals surface area (Å²) in [6.07, 6.45) is 3.46. The summed E-state index contributed by atoms with van der Waals surface area (Å²) >= 11 is 0. The third kappa shape index (κ3) is 4.21. The van der Waals surface area contributed by atoms with Crippen LogP contribution in [0.5, 0.6) is 5.75 Å². The molecule has 0 amide bonds. The monoisotopic (exact) mass is 372 g/mol. The van der Waals surface area contributed by atoms with Gasteiger partial charge in [0.05, 0.1) is 18.2 Å². The molecular formula is C20H28N4O3. The summed E-state index contributed by atoms with van der Waals surface area (Å²) in [6, 6.07) is 5.21. The third-order valence-corrected chi connectivity index (χ3v) is 5.24. The topological polar surface area (TPSA) is 70.8 Å². The normalized spacial score (nSPS) is 17.1. The number of likely N-dealkylation sites (N-methyl/N-ethyl adjacent to an activating group) is 1. The Kier molecular flexibility index (Phi) is 6.26. The van der Waals surface area contributed by atoms with Crippen LogP contribution in [0.15, 0.2) is 35.4 Å². The largest absolute Gasteiger partial charge is 0.507 e. The molecule has 1 atom stereocenters. The Balaban J connectivity index is 2.11. The van der Waals surface area contributed by atoms with Crippen molar-refractivity contribution in [2.75, 3.05) is 46.9 Å². The Morgan fingerprint density at radius 3 is 2.52 bits per heavy atom. The maximum Gasteiger partial charge on any atom is 0.259 e. The van der Waals surface area contributed by atoms with E-state index in [0.29, 0.717) is 18.7 Å². The number of aromatic nitrogens is 2. The minimum atomic E-state index is -0.302. The maximum atomic E-state index is 13.3. The molecule has 0 aromatic carbocycles. The Labute approximate surface area is 159 Å². The lowest BCUT2D eigenvalue weighted by Gasteiger charge is -2.38. The zero-order valence-corrected chi connectivity index (χ0v) is 16.3. The molecule has 7 heteroatoms. The number of aromatic hydroxyl groups is 1. The van der Waals surface area contributed by atoms with Crippen molar-refractivity contribution in [2.45, 2.75) is 19.5 Å². The first-order valence-electron chi connectivity index (χ1n) is 9.27. The van der Waals surface area contributed by atoms with Crippen molar-refractivity contribution in [3.63, 3.8) is 0 Å². The number of piperazine rings is 1. The molecule has 2 aromatic heterocycles. The summed E-state index contributed by atoms with van der Waals surface area (Å²) in [5.41, 5.74) is 1.95. The van der Waals surface area contributed by atoms with Crippen LogP contribution in [0, 0.1) is 6.92 Å². The molecule has 3 rings (SSSR count). The number of pyridine rings is 2. The van der Waals surface area contributed by atoms with Gasteiger partial charge in [0.2, 0.25) is 0 Å². The van der Waals surface area contributed by atoms with Gasteiger partial charge in [0.25, 0.3) is 5.56 Å². The Morgan fingerprint density at radius 2 is 1.89 bits per heavy atom. The van der Waals surface area contributed by atoms with Gasteiger partial charge in [0.1, 0.15) is 5.75 Å². The summed E-state index contributed by atoms with van der Waals surface area (Å²) in [5, 5.41) is 10.7. The van der Waals surface area contributed by atoms with Gasteiger partial charge in [-0.2, -0.15) is 0 Å². The van der Waals surface area contributed by atoms with Crippen LogP contribution in [-0.2, 0) is 11.3 Å². The van der Waals surface area contributed by atoms with E-state index in [1.165, 1.54) is 0 Å². The van der Waals surface area contributed by atoms with E-state index < -0.39 is 0 Å².